The zero-order valence-electron chi connectivity index (χ0n) is 17.3. The van der Waals surface area contributed by atoms with Gasteiger partial charge in [-0.05, 0) is 66.2 Å². The normalized spacial score (nSPS) is 11.1. The number of aryl methyl sites for hydroxylation is 2. The molecule has 0 aliphatic heterocycles. The monoisotopic (exact) mass is 495 g/mol. The molecule has 0 fully saturated rings. The van der Waals surface area contributed by atoms with Crippen LogP contribution in [-0.2, 0) is 13.1 Å². The highest BCUT2D eigenvalue weighted by Gasteiger charge is 2.18. The maximum Gasteiger partial charge on any atom is 0.329 e. The van der Waals surface area contributed by atoms with Crippen LogP contribution in [0.4, 0.5) is 5.69 Å². The summed E-state index contributed by atoms with van der Waals surface area (Å²) in [6.45, 7) is 5.06. The van der Waals surface area contributed by atoms with Crippen LogP contribution in [0.15, 0.2) is 85.8 Å². The van der Waals surface area contributed by atoms with Gasteiger partial charge in [0.05, 0.1) is 22.3 Å². The molecule has 31 heavy (non-hydrogen) atoms. The minimum atomic E-state index is -0.206. The van der Waals surface area contributed by atoms with E-state index in [0.29, 0.717) is 24.3 Å². The molecule has 1 N–H and O–H groups in total. The lowest BCUT2D eigenvalue weighted by Gasteiger charge is -2.13. The van der Waals surface area contributed by atoms with E-state index in [1.807, 2.05) is 74.5 Å². The first-order chi connectivity index (χ1) is 15.0. The van der Waals surface area contributed by atoms with Crippen LogP contribution in [-0.4, -0.2) is 15.0 Å². The third-order valence-electron chi connectivity index (χ3n) is 5.09. The van der Waals surface area contributed by atoms with Gasteiger partial charge in [0.15, 0.2) is 0 Å². The van der Waals surface area contributed by atoms with Gasteiger partial charge < -0.3 is 5.32 Å². The number of halogens is 1. The molecule has 0 atom stereocenters. The van der Waals surface area contributed by atoms with Gasteiger partial charge in [0.25, 0.3) is 5.91 Å². The number of nitrogens with one attached hydrogen (secondary N) is 1. The molecule has 4 aromatic rings. The van der Waals surface area contributed by atoms with Crippen molar-refractivity contribution in [1.29, 1.82) is 0 Å². The number of imidazole rings is 1. The lowest BCUT2D eigenvalue weighted by Crippen LogP contribution is -2.23. The highest BCUT2D eigenvalue weighted by atomic mass is 79.9. The smallest absolute Gasteiger partial charge is 0.321 e. The first-order valence-electron chi connectivity index (χ1n) is 10.1. The van der Waals surface area contributed by atoms with E-state index >= 15 is 0 Å². The fourth-order valence-corrected chi connectivity index (χ4v) is 4.99. The number of carbonyl (C=O) groups is 1. The summed E-state index contributed by atoms with van der Waals surface area (Å²) < 4.78 is 4.24. The molecule has 4 rings (SSSR count). The molecule has 1 amide bonds. The van der Waals surface area contributed by atoms with Gasteiger partial charge in [0.1, 0.15) is 0 Å². The lowest BCUT2D eigenvalue weighted by atomic mass is 10.2. The lowest BCUT2D eigenvalue weighted by molar-refractivity contribution is 0.102. The minimum Gasteiger partial charge on any atom is -0.321 e. The van der Waals surface area contributed by atoms with Crippen LogP contribution >= 0.6 is 27.7 Å². The number of rotatable bonds is 6. The van der Waals surface area contributed by atoms with Crippen molar-refractivity contribution in [3.05, 3.63) is 87.3 Å². The van der Waals surface area contributed by atoms with Crippen molar-refractivity contribution in [2.75, 3.05) is 5.32 Å². The Balaban J connectivity index is 1.86. The maximum atomic E-state index is 13.0. The molecule has 5 nitrogen and oxygen atoms in total. The van der Waals surface area contributed by atoms with E-state index in [1.54, 1.807) is 27.0 Å². The maximum absolute atomic E-state index is 13.0. The molecule has 7 heteroatoms. The van der Waals surface area contributed by atoms with Crippen molar-refractivity contribution >= 4 is 50.3 Å². The molecule has 3 aromatic carbocycles. The van der Waals surface area contributed by atoms with Gasteiger partial charge in [0, 0.05) is 27.4 Å². The van der Waals surface area contributed by atoms with Crippen LogP contribution in [0.25, 0.3) is 11.0 Å². The first kappa shape index (κ1) is 21.5. The number of carbonyl (C=O) groups excluding carboxylic acids is 1. The summed E-state index contributed by atoms with van der Waals surface area (Å²) in [5.74, 6) is -0.206. The Morgan fingerprint density at radius 2 is 1.55 bits per heavy atom. The van der Waals surface area contributed by atoms with E-state index in [9.17, 15) is 9.59 Å². The summed E-state index contributed by atoms with van der Waals surface area (Å²) in [6, 6.07) is 21.2. The second-order valence-electron chi connectivity index (χ2n) is 6.96. The van der Waals surface area contributed by atoms with E-state index in [-0.39, 0.29) is 11.6 Å². The van der Waals surface area contributed by atoms with Crippen molar-refractivity contribution in [2.24, 2.45) is 0 Å². The molecule has 0 spiro atoms. The van der Waals surface area contributed by atoms with Gasteiger partial charge in [-0.25, -0.2) is 4.79 Å². The predicted molar refractivity (Wildman–Crippen MR) is 130 cm³/mol. The first-order valence-corrected chi connectivity index (χ1v) is 11.7. The molecule has 0 saturated heterocycles. The number of hydrogen-bond acceptors (Lipinski definition) is 3. The molecule has 0 bridgehead atoms. The summed E-state index contributed by atoms with van der Waals surface area (Å²) in [5.41, 5.74) is 2.88. The summed E-state index contributed by atoms with van der Waals surface area (Å²) in [5, 5.41) is 3.06. The number of benzene rings is 3. The van der Waals surface area contributed by atoms with E-state index in [1.165, 1.54) is 0 Å². The van der Waals surface area contributed by atoms with Crippen molar-refractivity contribution in [2.45, 2.75) is 36.7 Å². The van der Waals surface area contributed by atoms with Crippen molar-refractivity contribution < 1.29 is 4.79 Å². The highest BCUT2D eigenvalue weighted by molar-refractivity contribution is 9.10. The number of nitrogens with zero attached hydrogens (tertiary/aromatic N) is 2. The number of aromatic nitrogens is 2. The topological polar surface area (TPSA) is 56.0 Å². The van der Waals surface area contributed by atoms with E-state index in [0.717, 1.165) is 25.3 Å². The van der Waals surface area contributed by atoms with Gasteiger partial charge in [-0.15, -0.1) is 0 Å². The molecule has 1 heterocycles. The molecular weight excluding hydrogens is 474 g/mol. The number of anilines is 1. The number of hydrogen-bond donors (Lipinski definition) is 1. The summed E-state index contributed by atoms with van der Waals surface area (Å²) in [7, 11) is 0. The number of fused-ring (bicyclic) bond motifs is 1. The Morgan fingerprint density at radius 3 is 2.19 bits per heavy atom. The third-order valence-corrected chi connectivity index (χ3v) is 6.85. The molecule has 158 valence electrons. The SMILES string of the molecule is CCn1c(=O)n(CC)c2cc(Sc3ccccc3)c(NC(=O)c3ccccc3Br)cc21. The molecule has 0 saturated carbocycles. The zero-order valence-corrected chi connectivity index (χ0v) is 19.7. The number of amides is 1. The largest absolute Gasteiger partial charge is 0.329 e. The third kappa shape index (κ3) is 4.20. The summed E-state index contributed by atoms with van der Waals surface area (Å²) >= 11 is 5.01. The highest BCUT2D eigenvalue weighted by Crippen LogP contribution is 2.37. The van der Waals surface area contributed by atoms with Gasteiger partial charge in [-0.1, -0.05) is 42.1 Å². The van der Waals surface area contributed by atoms with Crippen molar-refractivity contribution in [1.82, 2.24) is 9.13 Å². The Labute approximate surface area is 193 Å². The average molecular weight is 496 g/mol. The molecule has 0 aliphatic carbocycles. The van der Waals surface area contributed by atoms with E-state index < -0.39 is 0 Å². The molecule has 0 unspecified atom stereocenters. The van der Waals surface area contributed by atoms with E-state index in [2.05, 4.69) is 21.2 Å². The molecule has 1 aromatic heterocycles. The van der Waals surface area contributed by atoms with E-state index in [4.69, 9.17) is 0 Å². The summed E-state index contributed by atoms with van der Waals surface area (Å²) in [4.78, 5) is 27.8. The zero-order chi connectivity index (χ0) is 22.0. The second-order valence-corrected chi connectivity index (χ2v) is 8.93. The molecule has 0 radical (unpaired) electrons. The van der Waals surface area contributed by atoms with Crippen LogP contribution in [0.3, 0.4) is 0 Å². The van der Waals surface area contributed by atoms with Gasteiger partial charge in [-0.3, -0.25) is 13.9 Å². The van der Waals surface area contributed by atoms with Crippen molar-refractivity contribution in [3.8, 4) is 0 Å². The molecular formula is C24H22BrN3O2S. The fraction of sp³-hybridized carbons (Fsp3) is 0.167. The van der Waals surface area contributed by atoms with Crippen LogP contribution in [0.1, 0.15) is 24.2 Å². The Morgan fingerprint density at radius 1 is 0.935 bits per heavy atom. The average Bonchev–Trinajstić information content (AvgIpc) is 3.04. The van der Waals surface area contributed by atoms with Gasteiger partial charge >= 0.3 is 5.69 Å². The standard InChI is InChI=1S/C24H22BrN3O2S/c1-3-27-20-14-19(26-23(29)17-12-8-9-13-18(17)25)22(31-16-10-6-5-7-11-16)15-21(20)28(4-2)24(27)30/h5-15H,3-4H2,1-2H3,(H,26,29). The Hall–Kier alpha value is -2.77. The minimum absolute atomic E-state index is 0.0371. The van der Waals surface area contributed by atoms with Crippen LogP contribution < -0.4 is 11.0 Å². The predicted octanol–water partition coefficient (Wildman–Crippen LogP) is 6.01. The fourth-order valence-electron chi connectivity index (χ4n) is 3.59. The van der Waals surface area contributed by atoms with Crippen LogP contribution in [0.2, 0.25) is 0 Å². The van der Waals surface area contributed by atoms with Gasteiger partial charge in [0.2, 0.25) is 0 Å². The molecule has 0 aliphatic rings. The summed E-state index contributed by atoms with van der Waals surface area (Å²) in [6.07, 6.45) is 0. The van der Waals surface area contributed by atoms with Crippen molar-refractivity contribution in [3.63, 3.8) is 0 Å². The quantitative estimate of drug-likeness (QED) is 0.356. The Bertz CT molecular complexity index is 1310. The van der Waals surface area contributed by atoms with Crippen LogP contribution in [0.5, 0.6) is 0 Å². The van der Waals surface area contributed by atoms with Gasteiger partial charge in [-0.2, -0.15) is 0 Å². The second kappa shape index (κ2) is 9.16. The Kier molecular flexibility index (Phi) is 6.34. The van der Waals surface area contributed by atoms with Crippen LogP contribution in [0, 0.1) is 0 Å².